The largest absolute Gasteiger partial charge is 0.537 e. The Kier molecular flexibility index (Phi) is 6.63. The molecule has 1 atom stereocenters. The van der Waals surface area contributed by atoms with Gasteiger partial charge < -0.3 is 14.3 Å². The number of ether oxygens (including phenoxy) is 2. The van der Waals surface area contributed by atoms with Crippen LogP contribution in [0, 0.1) is 0 Å². The van der Waals surface area contributed by atoms with Gasteiger partial charge in [-0.25, -0.2) is 9.59 Å². The van der Waals surface area contributed by atoms with E-state index in [1.54, 1.807) is 0 Å². The summed E-state index contributed by atoms with van der Waals surface area (Å²) in [7, 11) is 0. The molecule has 0 aliphatic carbocycles. The van der Waals surface area contributed by atoms with Gasteiger partial charge in [0.2, 0.25) is 6.29 Å². The van der Waals surface area contributed by atoms with Crippen LogP contribution in [0.5, 0.6) is 0 Å². The molecule has 152 valence electrons. The molecule has 0 aromatic carbocycles. The van der Waals surface area contributed by atoms with E-state index in [1.165, 1.54) is 0 Å². The van der Waals surface area contributed by atoms with Gasteiger partial charge in [0.1, 0.15) is 0 Å². The van der Waals surface area contributed by atoms with Crippen molar-refractivity contribution < 1.29 is 52.7 Å². The maximum absolute atomic E-state index is 11.6. The number of rotatable bonds is 7. The van der Waals surface area contributed by atoms with Gasteiger partial charge in [-0.2, -0.15) is 0 Å². The van der Waals surface area contributed by atoms with Crippen molar-refractivity contribution in [3.63, 3.8) is 0 Å². The number of hydrogen-bond acceptors (Lipinski definition) is 11. The zero-order valence-corrected chi connectivity index (χ0v) is 14.7. The Labute approximate surface area is 157 Å². The molecule has 2 aliphatic heterocycles. The van der Waals surface area contributed by atoms with Crippen LogP contribution in [-0.4, -0.2) is 58.1 Å². The Morgan fingerprint density at radius 1 is 0.750 bits per heavy atom. The fraction of sp³-hybridized carbons (Fsp3) is 0.533. The average molecular weight is 400 g/mol. The number of amides is 4. The normalized spacial score (nSPS) is 17.6. The highest BCUT2D eigenvalue weighted by Crippen LogP contribution is 2.14. The van der Waals surface area contributed by atoms with E-state index in [0.29, 0.717) is 5.06 Å². The van der Waals surface area contributed by atoms with Crippen LogP contribution in [0.15, 0.2) is 0 Å². The summed E-state index contributed by atoms with van der Waals surface area (Å²) < 4.78 is 9.25. The third kappa shape index (κ3) is 5.49. The van der Waals surface area contributed by atoms with Crippen LogP contribution in [0.1, 0.15) is 45.4 Å². The molecule has 13 nitrogen and oxygen atoms in total. The molecule has 0 aromatic rings. The van der Waals surface area contributed by atoms with Crippen LogP contribution in [0.3, 0.4) is 0 Å². The Balaban J connectivity index is 1.67. The third-order valence-electron chi connectivity index (χ3n) is 3.46. The van der Waals surface area contributed by atoms with E-state index in [9.17, 15) is 33.6 Å². The Morgan fingerprint density at radius 2 is 1.18 bits per heavy atom. The maximum atomic E-state index is 11.6. The lowest BCUT2D eigenvalue weighted by Gasteiger charge is -2.16. The summed E-state index contributed by atoms with van der Waals surface area (Å²) in [5.41, 5.74) is 0. The Bertz CT molecular complexity index is 699. The van der Waals surface area contributed by atoms with Crippen LogP contribution < -0.4 is 0 Å². The first kappa shape index (κ1) is 20.8. The summed E-state index contributed by atoms with van der Waals surface area (Å²) in [5, 5.41) is 0.601. The second-order valence-corrected chi connectivity index (χ2v) is 5.64. The molecule has 2 rings (SSSR count). The minimum absolute atomic E-state index is 0.0618. The predicted octanol–water partition coefficient (Wildman–Crippen LogP) is -0.520. The Hall–Kier alpha value is -3.51. The quantitative estimate of drug-likeness (QED) is 0.307. The molecular weight excluding hydrogens is 384 g/mol. The van der Waals surface area contributed by atoms with Gasteiger partial charge in [-0.15, -0.1) is 5.06 Å². The molecule has 0 bridgehead atoms. The molecule has 0 radical (unpaired) electrons. The number of carbonyl (C=O) groups is 7. The SMILES string of the molecule is CC(OC(=O)CCC(=O)ON1C(=O)CCC1=O)OC(=O)ON1C(=O)CCC1=O. The topological polar surface area (TPSA) is 163 Å². The number of esters is 1. The first-order valence-corrected chi connectivity index (χ1v) is 8.18. The molecule has 2 aliphatic rings. The van der Waals surface area contributed by atoms with Gasteiger partial charge in [0.25, 0.3) is 23.6 Å². The first-order chi connectivity index (χ1) is 13.2. The molecule has 4 amide bonds. The van der Waals surface area contributed by atoms with Crippen LogP contribution in [0.25, 0.3) is 0 Å². The van der Waals surface area contributed by atoms with Crippen molar-refractivity contribution in [2.75, 3.05) is 0 Å². The van der Waals surface area contributed by atoms with E-state index in [-0.39, 0.29) is 30.7 Å². The smallest absolute Gasteiger partial charge is 0.425 e. The third-order valence-corrected chi connectivity index (χ3v) is 3.46. The molecule has 2 saturated heterocycles. The van der Waals surface area contributed by atoms with E-state index in [2.05, 4.69) is 14.4 Å². The van der Waals surface area contributed by atoms with Gasteiger partial charge in [0, 0.05) is 32.6 Å². The monoisotopic (exact) mass is 400 g/mol. The van der Waals surface area contributed by atoms with Gasteiger partial charge in [0.05, 0.1) is 12.8 Å². The first-order valence-electron chi connectivity index (χ1n) is 8.18. The van der Waals surface area contributed by atoms with Crippen molar-refractivity contribution in [3.05, 3.63) is 0 Å². The summed E-state index contributed by atoms with van der Waals surface area (Å²) >= 11 is 0. The number of nitrogens with zero attached hydrogens (tertiary/aromatic N) is 2. The van der Waals surface area contributed by atoms with Crippen molar-refractivity contribution in [2.24, 2.45) is 0 Å². The van der Waals surface area contributed by atoms with Crippen molar-refractivity contribution in [1.29, 1.82) is 0 Å². The van der Waals surface area contributed by atoms with E-state index >= 15 is 0 Å². The van der Waals surface area contributed by atoms with E-state index < -0.39 is 60.9 Å². The summed E-state index contributed by atoms with van der Waals surface area (Å²) in [4.78, 5) is 88.8. The van der Waals surface area contributed by atoms with Gasteiger partial charge in [0.15, 0.2) is 0 Å². The van der Waals surface area contributed by atoms with Crippen molar-refractivity contribution in [3.8, 4) is 0 Å². The lowest BCUT2D eigenvalue weighted by molar-refractivity contribution is -0.198. The molecule has 0 spiro atoms. The van der Waals surface area contributed by atoms with Gasteiger partial charge >= 0.3 is 18.1 Å². The van der Waals surface area contributed by atoms with Gasteiger partial charge in [-0.3, -0.25) is 28.8 Å². The fourth-order valence-electron chi connectivity index (χ4n) is 2.17. The number of carbonyl (C=O) groups excluding carboxylic acids is 7. The predicted molar refractivity (Wildman–Crippen MR) is 80.6 cm³/mol. The average Bonchev–Trinajstić information content (AvgIpc) is 3.10. The zero-order valence-electron chi connectivity index (χ0n) is 14.7. The maximum Gasteiger partial charge on any atom is 0.537 e. The van der Waals surface area contributed by atoms with Crippen LogP contribution >= 0.6 is 0 Å². The molecule has 0 N–H and O–H groups in total. The van der Waals surface area contributed by atoms with E-state index in [1.807, 2.05) is 0 Å². The van der Waals surface area contributed by atoms with Crippen LogP contribution in [-0.2, 0) is 47.9 Å². The highest BCUT2D eigenvalue weighted by atomic mass is 16.9. The molecule has 0 saturated carbocycles. The minimum atomic E-state index is -1.44. The van der Waals surface area contributed by atoms with Crippen molar-refractivity contribution in [2.45, 2.75) is 51.7 Å². The van der Waals surface area contributed by atoms with Crippen LogP contribution in [0.4, 0.5) is 4.79 Å². The van der Waals surface area contributed by atoms with Gasteiger partial charge in [-0.1, -0.05) is 5.06 Å². The van der Waals surface area contributed by atoms with Crippen molar-refractivity contribution >= 4 is 41.7 Å². The number of hydroxylamine groups is 4. The standard InChI is InChI=1S/C15H16N2O11/c1-8(26-15(24)28-17-11(20)4-5-12(17)21)25-13(22)6-7-14(23)27-16-9(18)2-3-10(16)19/h8H,2-7H2,1H3. The summed E-state index contributed by atoms with van der Waals surface area (Å²) in [6, 6.07) is 0. The highest BCUT2D eigenvalue weighted by Gasteiger charge is 2.34. The second kappa shape index (κ2) is 8.92. The van der Waals surface area contributed by atoms with E-state index in [4.69, 9.17) is 4.74 Å². The number of imide groups is 2. The molecule has 2 fully saturated rings. The molecule has 2 heterocycles. The highest BCUT2D eigenvalue weighted by molar-refractivity contribution is 6.02. The molecule has 1 unspecified atom stereocenters. The molecular formula is C15H16N2O11. The second-order valence-electron chi connectivity index (χ2n) is 5.64. The summed E-state index contributed by atoms with van der Waals surface area (Å²) in [6.45, 7) is 1.16. The lowest BCUT2D eigenvalue weighted by Crippen LogP contribution is -2.34. The fourth-order valence-corrected chi connectivity index (χ4v) is 2.17. The molecule has 13 heteroatoms. The van der Waals surface area contributed by atoms with Crippen molar-refractivity contribution in [1.82, 2.24) is 10.1 Å². The summed E-state index contributed by atoms with van der Waals surface area (Å²) in [6.07, 6.45) is -4.17. The number of hydrogen-bond donors (Lipinski definition) is 0. The summed E-state index contributed by atoms with van der Waals surface area (Å²) in [5.74, 6) is -4.68. The Morgan fingerprint density at radius 3 is 1.68 bits per heavy atom. The molecule has 0 aromatic heterocycles. The van der Waals surface area contributed by atoms with Gasteiger partial charge in [-0.05, 0) is 0 Å². The minimum Gasteiger partial charge on any atom is -0.425 e. The van der Waals surface area contributed by atoms with Crippen LogP contribution in [0.2, 0.25) is 0 Å². The zero-order chi connectivity index (χ0) is 20.8. The van der Waals surface area contributed by atoms with E-state index in [0.717, 1.165) is 6.92 Å². The molecule has 28 heavy (non-hydrogen) atoms. The lowest BCUT2D eigenvalue weighted by atomic mass is 10.3.